The summed E-state index contributed by atoms with van der Waals surface area (Å²) in [5.74, 6) is -0.220. The van der Waals surface area contributed by atoms with Crippen molar-refractivity contribution >= 4 is 11.9 Å². The standard InChI is InChI=1S/C17H20N2O4/c1-3-22-14-8-4-12(5-9-14)16(21)23-10-15(20)19-17(2,11-18)13-6-7-13/h4-5,8-9,13H,3,6-7,10H2,1-2H3,(H,19,20)/t17-/m0/s1. The first-order valence-corrected chi connectivity index (χ1v) is 7.60. The summed E-state index contributed by atoms with van der Waals surface area (Å²) in [7, 11) is 0. The van der Waals surface area contributed by atoms with Gasteiger partial charge in [0.15, 0.2) is 6.61 Å². The fourth-order valence-corrected chi connectivity index (χ4v) is 2.28. The van der Waals surface area contributed by atoms with Crippen molar-refractivity contribution in [3.63, 3.8) is 0 Å². The number of amides is 1. The fraction of sp³-hybridized carbons (Fsp3) is 0.471. The maximum atomic E-state index is 11.9. The van der Waals surface area contributed by atoms with Crippen molar-refractivity contribution in [3.8, 4) is 11.8 Å². The molecule has 0 saturated heterocycles. The van der Waals surface area contributed by atoms with Gasteiger partial charge in [0.1, 0.15) is 11.3 Å². The highest BCUT2D eigenvalue weighted by molar-refractivity contribution is 5.91. The Hall–Kier alpha value is -2.55. The van der Waals surface area contributed by atoms with E-state index in [4.69, 9.17) is 9.47 Å². The van der Waals surface area contributed by atoms with E-state index in [9.17, 15) is 14.9 Å². The van der Waals surface area contributed by atoms with Crippen LogP contribution in [0.15, 0.2) is 24.3 Å². The number of nitrogens with one attached hydrogen (secondary N) is 1. The van der Waals surface area contributed by atoms with Gasteiger partial charge in [-0.15, -0.1) is 0 Å². The number of benzene rings is 1. The lowest BCUT2D eigenvalue weighted by Crippen LogP contribution is -2.48. The summed E-state index contributed by atoms with van der Waals surface area (Å²) >= 11 is 0. The Morgan fingerprint density at radius 1 is 1.35 bits per heavy atom. The van der Waals surface area contributed by atoms with Gasteiger partial charge in [-0.25, -0.2) is 4.79 Å². The number of ether oxygens (including phenoxy) is 2. The zero-order valence-electron chi connectivity index (χ0n) is 13.3. The van der Waals surface area contributed by atoms with Crippen molar-refractivity contribution in [3.05, 3.63) is 29.8 Å². The van der Waals surface area contributed by atoms with Crippen LogP contribution in [0.25, 0.3) is 0 Å². The number of carbonyl (C=O) groups is 2. The van der Waals surface area contributed by atoms with Crippen LogP contribution in [0.2, 0.25) is 0 Å². The molecule has 0 heterocycles. The van der Waals surface area contributed by atoms with Crippen molar-refractivity contribution in [2.24, 2.45) is 5.92 Å². The Labute approximate surface area is 135 Å². The molecule has 1 fully saturated rings. The molecule has 1 atom stereocenters. The van der Waals surface area contributed by atoms with Crippen LogP contribution in [-0.4, -0.2) is 30.6 Å². The molecule has 0 unspecified atom stereocenters. The summed E-state index contributed by atoms with van der Waals surface area (Å²) in [5, 5.41) is 11.8. The summed E-state index contributed by atoms with van der Waals surface area (Å²) in [4.78, 5) is 23.8. The number of hydrogen-bond acceptors (Lipinski definition) is 5. The average Bonchev–Trinajstić information content (AvgIpc) is 3.39. The van der Waals surface area contributed by atoms with Crippen molar-refractivity contribution in [2.45, 2.75) is 32.2 Å². The minimum absolute atomic E-state index is 0.179. The summed E-state index contributed by atoms with van der Waals surface area (Å²) < 4.78 is 10.3. The largest absolute Gasteiger partial charge is 0.494 e. The van der Waals surface area contributed by atoms with Gasteiger partial charge in [0, 0.05) is 0 Å². The molecule has 23 heavy (non-hydrogen) atoms. The summed E-state index contributed by atoms with van der Waals surface area (Å²) in [6.45, 7) is 3.70. The molecule has 1 saturated carbocycles. The molecule has 0 radical (unpaired) electrons. The van der Waals surface area contributed by atoms with E-state index in [1.54, 1.807) is 31.2 Å². The van der Waals surface area contributed by atoms with Crippen molar-refractivity contribution in [2.75, 3.05) is 13.2 Å². The third-order valence-corrected chi connectivity index (χ3v) is 3.76. The highest BCUT2D eigenvalue weighted by atomic mass is 16.5. The Morgan fingerprint density at radius 3 is 2.52 bits per heavy atom. The van der Waals surface area contributed by atoms with Crippen LogP contribution in [0.1, 0.15) is 37.0 Å². The first kappa shape index (κ1) is 16.8. The second-order valence-corrected chi connectivity index (χ2v) is 5.67. The average molecular weight is 316 g/mol. The van der Waals surface area contributed by atoms with Crippen LogP contribution in [0.4, 0.5) is 0 Å². The van der Waals surface area contributed by atoms with Crippen LogP contribution in [0.3, 0.4) is 0 Å². The van der Waals surface area contributed by atoms with Crippen LogP contribution in [0.5, 0.6) is 5.75 Å². The first-order chi connectivity index (χ1) is 11.0. The molecule has 0 bridgehead atoms. The Balaban J connectivity index is 1.83. The van der Waals surface area contributed by atoms with Crippen molar-refractivity contribution < 1.29 is 19.1 Å². The molecular weight excluding hydrogens is 296 g/mol. The van der Waals surface area contributed by atoms with Gasteiger partial charge in [-0.1, -0.05) is 0 Å². The molecule has 6 heteroatoms. The smallest absolute Gasteiger partial charge is 0.338 e. The van der Waals surface area contributed by atoms with E-state index >= 15 is 0 Å². The Kier molecular flexibility index (Phi) is 5.22. The molecule has 1 aliphatic rings. The van der Waals surface area contributed by atoms with Crippen LogP contribution < -0.4 is 10.1 Å². The second kappa shape index (κ2) is 7.14. The van der Waals surface area contributed by atoms with Gasteiger partial charge in [0.05, 0.1) is 18.2 Å². The Morgan fingerprint density at radius 2 is 2.00 bits per heavy atom. The van der Waals surface area contributed by atoms with E-state index in [0.717, 1.165) is 12.8 Å². The predicted octanol–water partition coefficient (Wildman–Crippen LogP) is 2.05. The van der Waals surface area contributed by atoms with E-state index < -0.39 is 24.0 Å². The molecule has 1 N–H and O–H groups in total. The summed E-state index contributed by atoms with van der Waals surface area (Å²) in [6, 6.07) is 8.61. The molecule has 6 nitrogen and oxygen atoms in total. The monoisotopic (exact) mass is 316 g/mol. The SMILES string of the molecule is CCOc1ccc(C(=O)OCC(=O)N[C@@](C)(C#N)C2CC2)cc1. The van der Waals surface area contributed by atoms with Crippen LogP contribution in [0, 0.1) is 17.2 Å². The molecule has 2 rings (SSSR count). The van der Waals surface area contributed by atoms with E-state index in [0.29, 0.717) is 17.9 Å². The lowest BCUT2D eigenvalue weighted by atomic mass is 9.98. The van der Waals surface area contributed by atoms with Gasteiger partial charge < -0.3 is 14.8 Å². The van der Waals surface area contributed by atoms with Crippen molar-refractivity contribution in [1.82, 2.24) is 5.32 Å². The highest BCUT2D eigenvalue weighted by Gasteiger charge is 2.43. The molecule has 1 amide bonds. The number of hydrogen-bond donors (Lipinski definition) is 1. The number of carbonyl (C=O) groups excluding carboxylic acids is 2. The number of nitrogens with zero attached hydrogens (tertiary/aromatic N) is 1. The van der Waals surface area contributed by atoms with Gasteiger partial charge in [-0.2, -0.15) is 5.26 Å². The lowest BCUT2D eigenvalue weighted by Gasteiger charge is -2.22. The third kappa shape index (κ3) is 4.46. The van der Waals surface area contributed by atoms with Crippen LogP contribution in [-0.2, 0) is 9.53 Å². The molecule has 0 aliphatic heterocycles. The predicted molar refractivity (Wildman–Crippen MR) is 82.8 cm³/mol. The molecule has 1 aromatic carbocycles. The number of rotatable bonds is 7. The van der Waals surface area contributed by atoms with Gasteiger partial charge in [-0.3, -0.25) is 4.79 Å². The van der Waals surface area contributed by atoms with E-state index in [1.165, 1.54) is 0 Å². The summed E-state index contributed by atoms with van der Waals surface area (Å²) in [6.07, 6.45) is 1.85. The van der Waals surface area contributed by atoms with Gasteiger partial charge in [0.2, 0.25) is 0 Å². The molecule has 122 valence electrons. The molecular formula is C17H20N2O4. The van der Waals surface area contributed by atoms with Gasteiger partial charge in [0.25, 0.3) is 5.91 Å². The van der Waals surface area contributed by atoms with E-state index in [2.05, 4.69) is 11.4 Å². The van der Waals surface area contributed by atoms with E-state index in [-0.39, 0.29) is 5.92 Å². The second-order valence-electron chi connectivity index (χ2n) is 5.67. The fourth-order valence-electron chi connectivity index (χ4n) is 2.28. The van der Waals surface area contributed by atoms with Crippen LogP contribution >= 0.6 is 0 Å². The van der Waals surface area contributed by atoms with Gasteiger partial charge >= 0.3 is 5.97 Å². The highest BCUT2D eigenvalue weighted by Crippen LogP contribution is 2.39. The Bertz CT molecular complexity index is 616. The number of nitriles is 1. The molecule has 1 aliphatic carbocycles. The molecule has 0 aromatic heterocycles. The van der Waals surface area contributed by atoms with E-state index in [1.807, 2.05) is 6.92 Å². The van der Waals surface area contributed by atoms with Gasteiger partial charge in [-0.05, 0) is 56.9 Å². The minimum atomic E-state index is -0.886. The zero-order valence-corrected chi connectivity index (χ0v) is 13.3. The quantitative estimate of drug-likeness (QED) is 0.778. The maximum absolute atomic E-state index is 11.9. The minimum Gasteiger partial charge on any atom is -0.494 e. The number of esters is 1. The van der Waals surface area contributed by atoms with Crippen molar-refractivity contribution in [1.29, 1.82) is 5.26 Å². The molecule has 0 spiro atoms. The third-order valence-electron chi connectivity index (χ3n) is 3.76. The zero-order chi connectivity index (χ0) is 16.9. The normalized spacial score (nSPS) is 15.9. The first-order valence-electron chi connectivity index (χ1n) is 7.60. The summed E-state index contributed by atoms with van der Waals surface area (Å²) in [5.41, 5.74) is -0.547. The maximum Gasteiger partial charge on any atom is 0.338 e. The lowest BCUT2D eigenvalue weighted by molar-refractivity contribution is -0.125. The molecule has 1 aromatic rings. The topological polar surface area (TPSA) is 88.4 Å².